The van der Waals surface area contributed by atoms with Crippen LogP contribution in [0.4, 0.5) is 4.39 Å². The summed E-state index contributed by atoms with van der Waals surface area (Å²) in [5.41, 5.74) is 7.78. The third-order valence-corrected chi connectivity index (χ3v) is 6.47. The van der Waals surface area contributed by atoms with E-state index in [1.165, 1.54) is 19.3 Å². The van der Waals surface area contributed by atoms with E-state index in [0.717, 1.165) is 34.6 Å². The summed E-state index contributed by atoms with van der Waals surface area (Å²) in [5.74, 6) is 4.10. The monoisotopic (exact) mass is 281 g/mol. The number of benzene rings is 2. The molecule has 0 aliphatic heterocycles. The smallest absolute Gasteiger partial charge is 0.131 e. The lowest BCUT2D eigenvalue weighted by molar-refractivity contribution is 0.418. The van der Waals surface area contributed by atoms with Crippen molar-refractivity contribution in [1.29, 1.82) is 0 Å². The van der Waals surface area contributed by atoms with Crippen LogP contribution in [0.1, 0.15) is 30.9 Å². The van der Waals surface area contributed by atoms with Gasteiger partial charge in [-0.15, -0.1) is 0 Å². The highest BCUT2D eigenvalue weighted by molar-refractivity contribution is 5.86. The molecule has 3 aliphatic carbocycles. The summed E-state index contributed by atoms with van der Waals surface area (Å²) in [6, 6.07) is 11.3. The zero-order valence-corrected chi connectivity index (χ0v) is 12.0. The lowest BCUT2D eigenvalue weighted by Gasteiger charge is -2.18. The fourth-order valence-corrected chi connectivity index (χ4v) is 5.66. The van der Waals surface area contributed by atoms with E-state index in [9.17, 15) is 4.39 Å². The van der Waals surface area contributed by atoms with Gasteiger partial charge in [0.25, 0.3) is 0 Å². The van der Waals surface area contributed by atoms with Gasteiger partial charge in [0.2, 0.25) is 0 Å². The molecule has 3 saturated carbocycles. The summed E-state index contributed by atoms with van der Waals surface area (Å²) in [6.45, 7) is 0. The van der Waals surface area contributed by atoms with Gasteiger partial charge < -0.3 is 5.73 Å². The van der Waals surface area contributed by atoms with Gasteiger partial charge in [-0.3, -0.25) is 0 Å². The number of hydrogen-bond acceptors (Lipinski definition) is 1. The fraction of sp³-hybridized carbons (Fsp3) is 0.474. The molecule has 0 spiro atoms. The van der Waals surface area contributed by atoms with Gasteiger partial charge in [-0.25, -0.2) is 4.39 Å². The first-order chi connectivity index (χ1) is 10.3. The Morgan fingerprint density at radius 1 is 0.952 bits per heavy atom. The van der Waals surface area contributed by atoms with Crippen LogP contribution in [0.2, 0.25) is 0 Å². The van der Waals surface area contributed by atoms with Crippen LogP contribution in [0.5, 0.6) is 0 Å². The predicted molar refractivity (Wildman–Crippen MR) is 82.1 cm³/mol. The van der Waals surface area contributed by atoms with Crippen LogP contribution >= 0.6 is 0 Å². The molecule has 2 aromatic rings. The molecule has 0 saturated heterocycles. The molecule has 0 amide bonds. The second kappa shape index (κ2) is 4.07. The van der Waals surface area contributed by atoms with Gasteiger partial charge in [0.1, 0.15) is 5.82 Å². The molecule has 2 N–H and O–H groups in total. The molecule has 5 rings (SSSR count). The average Bonchev–Trinajstić information content (AvgIpc) is 2.95. The molecule has 21 heavy (non-hydrogen) atoms. The Hall–Kier alpha value is -1.41. The molecule has 2 heteroatoms. The molecule has 1 nitrogen and oxygen atoms in total. The summed E-state index contributed by atoms with van der Waals surface area (Å²) in [5, 5.41) is 1.71. The van der Waals surface area contributed by atoms with Crippen LogP contribution in [-0.2, 0) is 0 Å². The maximum absolute atomic E-state index is 14.0. The third kappa shape index (κ3) is 1.54. The second-order valence-corrected chi connectivity index (χ2v) is 7.27. The fourth-order valence-electron chi connectivity index (χ4n) is 5.66. The van der Waals surface area contributed by atoms with Gasteiger partial charge in [0, 0.05) is 11.4 Å². The zero-order valence-electron chi connectivity index (χ0n) is 12.0. The van der Waals surface area contributed by atoms with Crippen molar-refractivity contribution in [1.82, 2.24) is 0 Å². The standard InChI is InChI=1S/C19H20FN/c20-15-8-7-14(12-3-1-2-4-13(12)15)19(21)18-16-10-5-6-11(9-10)17(16)18/h1-4,7-8,10-11,16-19H,5-6,9,21H2. The normalized spacial score (nSPS) is 37.7. The van der Waals surface area contributed by atoms with E-state index in [2.05, 4.69) is 0 Å². The highest BCUT2D eigenvalue weighted by Gasteiger charge is 2.66. The lowest BCUT2D eigenvalue weighted by Crippen LogP contribution is -2.18. The van der Waals surface area contributed by atoms with Gasteiger partial charge in [-0.05, 0) is 65.9 Å². The van der Waals surface area contributed by atoms with Crippen molar-refractivity contribution in [2.75, 3.05) is 0 Å². The lowest BCUT2D eigenvalue weighted by atomic mass is 9.90. The maximum Gasteiger partial charge on any atom is 0.131 e. The summed E-state index contributed by atoms with van der Waals surface area (Å²) >= 11 is 0. The summed E-state index contributed by atoms with van der Waals surface area (Å²) < 4.78 is 14.0. The van der Waals surface area contributed by atoms with E-state index in [4.69, 9.17) is 5.73 Å². The molecule has 0 radical (unpaired) electrons. The van der Waals surface area contributed by atoms with E-state index in [-0.39, 0.29) is 11.9 Å². The number of nitrogens with two attached hydrogens (primary N) is 1. The van der Waals surface area contributed by atoms with Crippen molar-refractivity contribution in [3.63, 3.8) is 0 Å². The van der Waals surface area contributed by atoms with E-state index < -0.39 is 0 Å². The van der Waals surface area contributed by atoms with Crippen molar-refractivity contribution in [2.24, 2.45) is 35.3 Å². The number of hydrogen-bond donors (Lipinski definition) is 1. The van der Waals surface area contributed by atoms with Crippen molar-refractivity contribution in [2.45, 2.75) is 25.3 Å². The van der Waals surface area contributed by atoms with Gasteiger partial charge >= 0.3 is 0 Å². The van der Waals surface area contributed by atoms with Gasteiger partial charge in [0.05, 0.1) is 0 Å². The number of rotatable bonds is 2. The molecule has 3 aliphatic rings. The van der Waals surface area contributed by atoms with Crippen molar-refractivity contribution >= 4 is 10.8 Å². The van der Waals surface area contributed by atoms with E-state index in [1.54, 1.807) is 6.07 Å². The Labute approximate surface area is 124 Å². The topological polar surface area (TPSA) is 26.0 Å². The summed E-state index contributed by atoms with van der Waals surface area (Å²) in [7, 11) is 0. The van der Waals surface area contributed by atoms with Crippen LogP contribution in [0.3, 0.4) is 0 Å². The van der Waals surface area contributed by atoms with Crippen molar-refractivity contribution in [3.05, 3.63) is 47.8 Å². The number of halogens is 1. The molecule has 5 unspecified atom stereocenters. The minimum atomic E-state index is -0.141. The van der Waals surface area contributed by atoms with Crippen molar-refractivity contribution in [3.8, 4) is 0 Å². The molecule has 5 atom stereocenters. The van der Waals surface area contributed by atoms with Crippen LogP contribution in [0.15, 0.2) is 36.4 Å². The highest BCUT2D eigenvalue weighted by atomic mass is 19.1. The molecular formula is C19H20FN. The quantitative estimate of drug-likeness (QED) is 0.874. The molecule has 0 aromatic heterocycles. The molecule has 108 valence electrons. The summed E-state index contributed by atoms with van der Waals surface area (Å²) in [4.78, 5) is 0. The third-order valence-electron chi connectivity index (χ3n) is 6.47. The van der Waals surface area contributed by atoms with Crippen LogP contribution in [0, 0.1) is 35.4 Å². The zero-order chi connectivity index (χ0) is 14.1. The van der Waals surface area contributed by atoms with Crippen molar-refractivity contribution < 1.29 is 4.39 Å². The summed E-state index contributed by atoms with van der Waals surface area (Å²) in [6.07, 6.45) is 4.28. The number of fused-ring (bicyclic) bond motifs is 6. The first-order valence-corrected chi connectivity index (χ1v) is 8.18. The molecule has 3 fully saturated rings. The van der Waals surface area contributed by atoms with E-state index >= 15 is 0 Å². The largest absolute Gasteiger partial charge is 0.324 e. The van der Waals surface area contributed by atoms with Gasteiger partial charge in [-0.1, -0.05) is 30.3 Å². The Kier molecular flexibility index (Phi) is 2.36. The Bertz CT molecular complexity index is 709. The highest BCUT2D eigenvalue weighted by Crippen LogP contribution is 2.71. The first-order valence-electron chi connectivity index (χ1n) is 8.18. The Morgan fingerprint density at radius 3 is 2.33 bits per heavy atom. The SMILES string of the molecule is NC(c1ccc(F)c2ccccc12)C1C2C3CCC(C3)C21. The molecular weight excluding hydrogens is 261 g/mol. The minimum Gasteiger partial charge on any atom is -0.324 e. The molecule has 0 heterocycles. The maximum atomic E-state index is 14.0. The molecule has 2 aromatic carbocycles. The van der Waals surface area contributed by atoms with Crippen LogP contribution < -0.4 is 5.73 Å². The molecule has 2 bridgehead atoms. The Morgan fingerprint density at radius 2 is 1.62 bits per heavy atom. The van der Waals surface area contributed by atoms with E-state index in [1.807, 2.05) is 30.3 Å². The Balaban J connectivity index is 1.55. The minimum absolute atomic E-state index is 0.0777. The first kappa shape index (κ1) is 12.2. The predicted octanol–water partition coefficient (Wildman–Crippen LogP) is 4.27. The second-order valence-electron chi connectivity index (χ2n) is 7.27. The van der Waals surface area contributed by atoms with Crippen LogP contribution in [-0.4, -0.2) is 0 Å². The van der Waals surface area contributed by atoms with Crippen LogP contribution in [0.25, 0.3) is 10.8 Å². The van der Waals surface area contributed by atoms with Gasteiger partial charge in [-0.2, -0.15) is 0 Å². The average molecular weight is 281 g/mol. The van der Waals surface area contributed by atoms with E-state index in [0.29, 0.717) is 11.3 Å². The van der Waals surface area contributed by atoms with Gasteiger partial charge in [0.15, 0.2) is 0 Å².